The zero-order valence-electron chi connectivity index (χ0n) is 17.6. The Bertz CT molecular complexity index is 1240. The first-order valence-electron chi connectivity index (χ1n) is 9.75. The van der Waals surface area contributed by atoms with Gasteiger partial charge in [-0.1, -0.05) is 17.8 Å². The summed E-state index contributed by atoms with van der Waals surface area (Å²) in [6.07, 6.45) is 1.97. The minimum Gasteiger partial charge on any atom is -0.497 e. The van der Waals surface area contributed by atoms with Crippen molar-refractivity contribution in [2.24, 2.45) is 9.98 Å². The molecule has 0 saturated heterocycles. The van der Waals surface area contributed by atoms with Crippen LogP contribution in [0.2, 0.25) is 0 Å². The van der Waals surface area contributed by atoms with Crippen LogP contribution in [-0.4, -0.2) is 40.6 Å². The van der Waals surface area contributed by atoms with E-state index >= 15 is 0 Å². The number of fused-ring (bicyclic) bond motifs is 3. The number of carbonyl (C=O) groups is 1. The molecule has 0 bridgehead atoms. The number of ether oxygens (including phenoxy) is 2. The summed E-state index contributed by atoms with van der Waals surface area (Å²) in [6, 6.07) is 15.4. The molecule has 0 spiro atoms. The summed E-state index contributed by atoms with van der Waals surface area (Å²) in [7, 11) is 1.62. The van der Waals surface area contributed by atoms with E-state index in [-0.39, 0.29) is 24.8 Å². The number of hydrogen-bond acceptors (Lipinski definition) is 7. The lowest BCUT2D eigenvalue weighted by Gasteiger charge is -2.07. The SMILES string of the molecule is CCOC(=O)CC1=Nc2c(C#N)c3ccccn3c2C(=Nc2ccc(OC)cc2)SC1.Cl. The van der Waals surface area contributed by atoms with Gasteiger partial charge in [-0.15, -0.1) is 12.4 Å². The number of thioether (sulfide) groups is 1. The molecular formula is C23H21ClN4O3S. The van der Waals surface area contributed by atoms with Crippen LogP contribution in [0.15, 0.2) is 58.6 Å². The number of methoxy groups -OCH3 is 1. The highest BCUT2D eigenvalue weighted by atomic mass is 35.5. The molecule has 1 aliphatic rings. The number of carbonyl (C=O) groups excluding carboxylic acids is 1. The van der Waals surface area contributed by atoms with Gasteiger partial charge >= 0.3 is 5.97 Å². The average molecular weight is 469 g/mol. The number of aromatic nitrogens is 1. The molecule has 7 nitrogen and oxygen atoms in total. The number of aliphatic imine (C=N–C) groups is 2. The standard InChI is InChI=1S/C23H20N4O3S.ClH/c1-3-30-20(28)12-16-14-31-23(26-15-7-9-17(29-2)10-8-15)22-21(25-16)18(13-24)19-6-4-5-11-27(19)22;/h4-11H,3,12,14H2,1-2H3;1H. The molecule has 0 amide bonds. The fourth-order valence-electron chi connectivity index (χ4n) is 3.36. The molecule has 1 aliphatic heterocycles. The van der Waals surface area contributed by atoms with Crippen molar-refractivity contribution in [3.63, 3.8) is 0 Å². The molecule has 9 heteroatoms. The molecule has 0 radical (unpaired) electrons. The smallest absolute Gasteiger partial charge is 0.311 e. The second kappa shape index (κ2) is 10.4. The predicted octanol–water partition coefficient (Wildman–Crippen LogP) is 5.09. The number of pyridine rings is 1. The van der Waals surface area contributed by atoms with Crippen LogP contribution in [0, 0.1) is 11.3 Å². The van der Waals surface area contributed by atoms with Crippen LogP contribution in [0.5, 0.6) is 5.75 Å². The number of halogens is 1. The Morgan fingerprint density at radius 1 is 1.28 bits per heavy atom. The minimum absolute atomic E-state index is 0. The fourth-order valence-corrected chi connectivity index (χ4v) is 4.33. The summed E-state index contributed by atoms with van der Waals surface area (Å²) in [5.41, 5.74) is 3.89. The van der Waals surface area contributed by atoms with Crippen LogP contribution in [0.25, 0.3) is 5.52 Å². The van der Waals surface area contributed by atoms with Crippen molar-refractivity contribution in [1.29, 1.82) is 5.26 Å². The van der Waals surface area contributed by atoms with Gasteiger partial charge in [0, 0.05) is 17.7 Å². The molecule has 3 heterocycles. The van der Waals surface area contributed by atoms with Gasteiger partial charge in [0.25, 0.3) is 0 Å². The largest absolute Gasteiger partial charge is 0.497 e. The van der Waals surface area contributed by atoms with E-state index < -0.39 is 0 Å². The molecule has 0 atom stereocenters. The Kier molecular flexibility index (Phi) is 7.57. The normalized spacial score (nSPS) is 14.0. The zero-order valence-corrected chi connectivity index (χ0v) is 19.2. The third-order valence-corrected chi connectivity index (χ3v) is 5.77. The Labute approximate surface area is 196 Å². The van der Waals surface area contributed by atoms with Crippen LogP contribution in [0.4, 0.5) is 11.4 Å². The molecule has 0 unspecified atom stereocenters. The van der Waals surface area contributed by atoms with Gasteiger partial charge in [-0.25, -0.2) is 4.99 Å². The van der Waals surface area contributed by atoms with Crippen molar-refractivity contribution in [2.75, 3.05) is 19.5 Å². The molecule has 0 aliphatic carbocycles. The van der Waals surface area contributed by atoms with Gasteiger partial charge in [-0.3, -0.25) is 9.79 Å². The summed E-state index contributed by atoms with van der Waals surface area (Å²) in [6.45, 7) is 2.09. The monoisotopic (exact) mass is 468 g/mol. The molecule has 0 fully saturated rings. The molecule has 0 N–H and O–H groups in total. The van der Waals surface area contributed by atoms with E-state index in [1.807, 2.05) is 53.1 Å². The first-order valence-corrected chi connectivity index (χ1v) is 10.7. The van der Waals surface area contributed by atoms with Crippen LogP contribution in [-0.2, 0) is 9.53 Å². The quantitative estimate of drug-likeness (QED) is 0.486. The number of rotatable bonds is 5. The summed E-state index contributed by atoms with van der Waals surface area (Å²) in [4.78, 5) is 21.7. The van der Waals surface area contributed by atoms with Crippen molar-refractivity contribution in [3.8, 4) is 11.8 Å². The molecule has 4 rings (SSSR count). The first-order chi connectivity index (χ1) is 15.1. The molecule has 2 aromatic heterocycles. The summed E-state index contributed by atoms with van der Waals surface area (Å²) >= 11 is 1.49. The van der Waals surface area contributed by atoms with Crippen molar-refractivity contribution >= 4 is 57.8 Å². The Morgan fingerprint density at radius 3 is 2.75 bits per heavy atom. The lowest BCUT2D eigenvalue weighted by Crippen LogP contribution is -2.13. The van der Waals surface area contributed by atoms with E-state index in [0.29, 0.717) is 29.3 Å². The van der Waals surface area contributed by atoms with E-state index in [1.165, 1.54) is 11.8 Å². The number of esters is 1. The number of hydrogen-bond donors (Lipinski definition) is 0. The second-order valence-corrected chi connectivity index (χ2v) is 7.67. The topological polar surface area (TPSA) is 88.5 Å². The lowest BCUT2D eigenvalue weighted by atomic mass is 10.2. The summed E-state index contributed by atoms with van der Waals surface area (Å²) in [5, 5.41) is 10.6. The van der Waals surface area contributed by atoms with Crippen LogP contribution < -0.4 is 4.74 Å². The number of benzene rings is 1. The van der Waals surface area contributed by atoms with Crippen molar-refractivity contribution < 1.29 is 14.3 Å². The maximum atomic E-state index is 12.1. The van der Waals surface area contributed by atoms with Crippen LogP contribution in [0.3, 0.4) is 0 Å². The van der Waals surface area contributed by atoms with E-state index in [9.17, 15) is 10.1 Å². The third kappa shape index (κ3) is 4.64. The van der Waals surface area contributed by atoms with E-state index in [0.717, 1.165) is 27.7 Å². The van der Waals surface area contributed by atoms with Gasteiger partial charge < -0.3 is 13.9 Å². The van der Waals surface area contributed by atoms with Gasteiger partial charge in [0.1, 0.15) is 33.8 Å². The van der Waals surface area contributed by atoms with Gasteiger partial charge in [-0.2, -0.15) is 5.26 Å². The second-order valence-electron chi connectivity index (χ2n) is 6.70. The van der Waals surface area contributed by atoms with Gasteiger partial charge in [0.15, 0.2) is 0 Å². The molecule has 32 heavy (non-hydrogen) atoms. The van der Waals surface area contributed by atoms with Crippen molar-refractivity contribution in [2.45, 2.75) is 13.3 Å². The maximum Gasteiger partial charge on any atom is 0.311 e. The Hall–Kier alpha value is -3.28. The lowest BCUT2D eigenvalue weighted by molar-refractivity contribution is -0.141. The van der Waals surface area contributed by atoms with Crippen molar-refractivity contribution in [3.05, 3.63) is 59.9 Å². The zero-order chi connectivity index (χ0) is 21.8. The highest BCUT2D eigenvalue weighted by Crippen LogP contribution is 2.37. The summed E-state index contributed by atoms with van der Waals surface area (Å²) < 4.78 is 12.2. The summed E-state index contributed by atoms with van der Waals surface area (Å²) in [5.74, 6) is 0.890. The van der Waals surface area contributed by atoms with E-state index in [4.69, 9.17) is 19.5 Å². The van der Waals surface area contributed by atoms with Gasteiger partial charge in [0.2, 0.25) is 0 Å². The van der Waals surface area contributed by atoms with Gasteiger partial charge in [-0.05, 0) is 43.3 Å². The molecule has 164 valence electrons. The van der Waals surface area contributed by atoms with Crippen LogP contribution >= 0.6 is 24.2 Å². The van der Waals surface area contributed by atoms with Crippen LogP contribution in [0.1, 0.15) is 24.6 Å². The minimum atomic E-state index is -0.332. The van der Waals surface area contributed by atoms with E-state index in [2.05, 4.69) is 6.07 Å². The molecule has 1 aromatic carbocycles. The average Bonchev–Trinajstić information content (AvgIpc) is 2.99. The Balaban J connectivity index is 0.00000289. The van der Waals surface area contributed by atoms with E-state index in [1.54, 1.807) is 14.0 Å². The Morgan fingerprint density at radius 2 is 2.06 bits per heavy atom. The van der Waals surface area contributed by atoms with Crippen molar-refractivity contribution in [1.82, 2.24) is 4.40 Å². The fraction of sp³-hybridized carbons (Fsp3) is 0.217. The first kappa shape index (κ1) is 23.4. The molecule has 0 saturated carbocycles. The van der Waals surface area contributed by atoms with Gasteiger partial charge in [0.05, 0.1) is 31.3 Å². The third-order valence-electron chi connectivity index (χ3n) is 4.73. The predicted molar refractivity (Wildman–Crippen MR) is 129 cm³/mol. The number of nitrogens with zero attached hydrogens (tertiary/aromatic N) is 4. The molecular weight excluding hydrogens is 448 g/mol. The maximum absolute atomic E-state index is 12.1. The number of nitriles is 1. The highest BCUT2D eigenvalue weighted by Gasteiger charge is 2.26. The molecule has 3 aromatic rings. The highest BCUT2D eigenvalue weighted by molar-refractivity contribution is 8.15.